The molecule has 0 aliphatic rings. The average Bonchev–Trinajstić information content (AvgIpc) is 2.91. The van der Waals surface area contributed by atoms with Crippen molar-refractivity contribution in [1.29, 1.82) is 0 Å². The first-order chi connectivity index (χ1) is 21.1. The van der Waals surface area contributed by atoms with Gasteiger partial charge >= 0.3 is 33.0 Å². The maximum Gasteiger partial charge on any atom is 2.00 e. The van der Waals surface area contributed by atoms with Crippen LogP contribution in [0.1, 0.15) is 116 Å². The third-order valence-electron chi connectivity index (χ3n) is 3.12. The molecule has 0 aliphatic carbocycles. The first kappa shape index (κ1) is 71.7. The minimum absolute atomic E-state index is 0. The third-order valence-corrected chi connectivity index (χ3v) is 7.51. The van der Waals surface area contributed by atoms with Gasteiger partial charge in [0.25, 0.3) is 0 Å². The molecule has 6 nitrogen and oxygen atoms in total. The molecule has 0 fully saturated rings. The standard InChI is InChI=1S/C14H27O4PS2.C7H14O2S.4C3H7.Cl2HP.2Ni/c1-13(2,3)11(15)20-9-7-17-19-18-8-10-21-12(16)14(4,5)6;1-7(2,3)6(9)10-5-4-8;5*1-3-2;;/h19H,7-10H2,1-6H3;8H,4-5H2,1-3H3;4*1,3H2,2H3;3H;;/q;;4*-1;;2*+2. The molecule has 0 radical (unpaired) electrons. The summed E-state index contributed by atoms with van der Waals surface area (Å²) in [7, 11) is -0.00910. The van der Waals surface area contributed by atoms with Crippen LogP contribution in [0.25, 0.3) is 0 Å². The summed E-state index contributed by atoms with van der Waals surface area (Å²) in [6, 6.07) is 0. The van der Waals surface area contributed by atoms with Gasteiger partial charge in [-0.25, -0.2) is 0 Å². The molecular formula is C33H70Cl2Ni2O6P2S3. The van der Waals surface area contributed by atoms with Crippen molar-refractivity contribution in [3.8, 4) is 0 Å². The number of thioether (sulfide) groups is 3. The molecular weight excluding hydrogens is 839 g/mol. The molecule has 0 unspecified atom stereocenters. The van der Waals surface area contributed by atoms with E-state index in [1.165, 1.54) is 35.3 Å². The van der Waals surface area contributed by atoms with Crippen LogP contribution in [-0.2, 0) is 56.4 Å². The summed E-state index contributed by atoms with van der Waals surface area (Å²) >= 11 is 13.4. The predicted molar refractivity (Wildman–Crippen MR) is 221 cm³/mol. The number of carbonyl (C=O) groups is 3. The van der Waals surface area contributed by atoms with Gasteiger partial charge in [0, 0.05) is 33.5 Å². The molecule has 0 heterocycles. The molecule has 0 aromatic carbocycles. The van der Waals surface area contributed by atoms with Crippen LogP contribution < -0.4 is 0 Å². The van der Waals surface area contributed by atoms with E-state index in [9.17, 15) is 14.4 Å². The summed E-state index contributed by atoms with van der Waals surface area (Å²) in [6.45, 7) is 40.1. The smallest absolute Gasteiger partial charge is 0.396 e. The van der Waals surface area contributed by atoms with Gasteiger partial charge in [-0.15, -0.1) is 0 Å². The van der Waals surface area contributed by atoms with Crippen LogP contribution in [0.2, 0.25) is 0 Å². The fourth-order valence-electron chi connectivity index (χ4n) is 1.26. The van der Waals surface area contributed by atoms with Crippen molar-refractivity contribution in [2.75, 3.05) is 37.1 Å². The Labute approximate surface area is 345 Å². The van der Waals surface area contributed by atoms with Crippen molar-refractivity contribution >= 4 is 89.4 Å². The molecule has 0 spiro atoms. The van der Waals surface area contributed by atoms with E-state index in [0.29, 0.717) is 30.5 Å². The van der Waals surface area contributed by atoms with E-state index in [2.05, 4.69) is 27.7 Å². The van der Waals surface area contributed by atoms with E-state index < -0.39 is 0 Å². The Balaban J connectivity index is -0.0000000668. The van der Waals surface area contributed by atoms with Crippen molar-refractivity contribution in [3.63, 3.8) is 0 Å². The quantitative estimate of drug-likeness (QED) is 0.0996. The Hall–Kier alpha value is 2.37. The topological polar surface area (TPSA) is 89.9 Å². The summed E-state index contributed by atoms with van der Waals surface area (Å²) < 4.78 is 10.6. The van der Waals surface area contributed by atoms with E-state index >= 15 is 0 Å². The van der Waals surface area contributed by atoms with E-state index in [-0.39, 0.29) is 87.5 Å². The van der Waals surface area contributed by atoms with E-state index in [1.54, 1.807) is 0 Å². The molecule has 0 atom stereocenters. The number of hydrogen-bond donors (Lipinski definition) is 1. The Morgan fingerprint density at radius 1 is 0.583 bits per heavy atom. The van der Waals surface area contributed by atoms with E-state index in [1.807, 2.05) is 90.0 Å². The fourth-order valence-corrected chi connectivity index (χ4v) is 4.29. The Morgan fingerprint density at radius 2 is 0.771 bits per heavy atom. The molecule has 0 saturated heterocycles. The maximum absolute atomic E-state index is 11.6. The second kappa shape index (κ2) is 53.7. The maximum atomic E-state index is 11.6. The Kier molecular flexibility index (Phi) is 80.3. The monoisotopic (exact) mass is 906 g/mol. The minimum atomic E-state index is -0.305. The summed E-state index contributed by atoms with van der Waals surface area (Å²) in [4.78, 5) is 34.3. The van der Waals surface area contributed by atoms with Crippen molar-refractivity contribution in [3.05, 3.63) is 27.7 Å². The van der Waals surface area contributed by atoms with Crippen molar-refractivity contribution in [2.24, 2.45) is 16.2 Å². The van der Waals surface area contributed by atoms with Crippen molar-refractivity contribution in [1.82, 2.24) is 0 Å². The van der Waals surface area contributed by atoms with E-state index in [0.717, 1.165) is 25.7 Å². The predicted octanol–water partition coefficient (Wildman–Crippen LogP) is 12.3. The molecule has 0 bridgehead atoms. The second-order valence-electron chi connectivity index (χ2n) is 11.7. The zero-order chi connectivity index (χ0) is 38.3. The van der Waals surface area contributed by atoms with Crippen LogP contribution in [0.3, 0.4) is 0 Å². The largest absolute Gasteiger partial charge is 2.00 e. The molecule has 48 heavy (non-hydrogen) atoms. The molecule has 0 saturated carbocycles. The van der Waals surface area contributed by atoms with Gasteiger partial charge in [-0.2, -0.15) is 25.7 Å². The van der Waals surface area contributed by atoms with Gasteiger partial charge in [-0.05, 0) is 0 Å². The summed E-state index contributed by atoms with van der Waals surface area (Å²) in [5, 5.41) is 8.90. The van der Waals surface area contributed by atoms with Crippen LogP contribution in [0, 0.1) is 43.9 Å². The van der Waals surface area contributed by atoms with Gasteiger partial charge in [0.2, 0.25) is 0 Å². The van der Waals surface area contributed by atoms with Crippen molar-refractivity contribution < 1.29 is 61.5 Å². The second-order valence-corrected chi connectivity index (χ2v) is 17.5. The molecule has 1 N–H and O–H groups in total. The average molecular weight is 909 g/mol. The van der Waals surface area contributed by atoms with Crippen molar-refractivity contribution in [2.45, 2.75) is 116 Å². The first-order valence-electron chi connectivity index (χ1n) is 15.3. The molecule has 0 rings (SSSR count). The minimum Gasteiger partial charge on any atom is -0.396 e. The Bertz CT molecular complexity index is 598. The number of hydrogen-bond acceptors (Lipinski definition) is 9. The fraction of sp³-hybridized carbons (Fsp3) is 0.788. The first-order valence-corrected chi connectivity index (χ1v) is 22.1. The van der Waals surface area contributed by atoms with Gasteiger partial charge in [-0.3, -0.25) is 14.4 Å². The molecule has 0 aliphatic heterocycles. The van der Waals surface area contributed by atoms with Crippen LogP contribution in [0.5, 0.6) is 0 Å². The third kappa shape index (κ3) is 82.1. The van der Waals surface area contributed by atoms with Gasteiger partial charge in [0.15, 0.2) is 24.4 Å². The number of carbonyl (C=O) groups excluding carboxylic acids is 3. The molecule has 300 valence electrons. The number of aliphatic hydroxyl groups excluding tert-OH is 1. The summed E-state index contributed by atoms with van der Waals surface area (Å²) in [5.74, 6) is 1.80. The van der Waals surface area contributed by atoms with Crippen LogP contribution in [0.4, 0.5) is 0 Å². The van der Waals surface area contributed by atoms with E-state index in [4.69, 9.17) is 36.6 Å². The molecule has 15 heteroatoms. The molecule has 0 aromatic heterocycles. The zero-order valence-electron chi connectivity index (χ0n) is 32.0. The summed E-state index contributed by atoms with van der Waals surface area (Å²) in [5.41, 5.74) is -0.889. The number of halogens is 2. The summed E-state index contributed by atoms with van der Waals surface area (Å²) in [6.07, 6.45) is 4.00. The van der Waals surface area contributed by atoms with Gasteiger partial charge < -0.3 is 41.8 Å². The van der Waals surface area contributed by atoms with Crippen LogP contribution >= 0.6 is 74.1 Å². The normalized spacial score (nSPS) is 9.75. The number of rotatable bonds is 10. The molecule has 0 amide bonds. The van der Waals surface area contributed by atoms with Crippen LogP contribution in [0.15, 0.2) is 0 Å². The Morgan fingerprint density at radius 3 is 0.938 bits per heavy atom. The van der Waals surface area contributed by atoms with Gasteiger partial charge in [-0.1, -0.05) is 148 Å². The molecule has 0 aromatic rings. The van der Waals surface area contributed by atoms with Crippen LogP contribution in [-0.4, -0.2) is 57.5 Å². The van der Waals surface area contributed by atoms with Gasteiger partial charge in [0.1, 0.15) is 0 Å². The van der Waals surface area contributed by atoms with Gasteiger partial charge in [0.05, 0.1) is 27.1 Å². The zero-order valence-corrected chi connectivity index (χ0v) is 39.9. The number of aliphatic hydroxyl groups is 1. The SMILES string of the molecule is CC(C)(C)C(=O)SCCO.CC(C)(C)C(=O)SCCOPOCCSC(=O)C(C)(C)C.ClPCl.[CH2-]CC.[CH2-]CC.[CH2-]CC.[CH2-]CC.[Ni+2].[Ni+2].